The van der Waals surface area contributed by atoms with Crippen molar-refractivity contribution in [2.45, 2.75) is 199 Å². The fourth-order valence-corrected chi connectivity index (χ4v) is 6.76. The summed E-state index contributed by atoms with van der Waals surface area (Å²) in [7, 11) is 1.61. The summed E-state index contributed by atoms with van der Waals surface area (Å²) in [4.78, 5) is 21.6. The minimum atomic E-state index is -4.26. The van der Waals surface area contributed by atoms with Crippen LogP contribution in [-0.2, 0) is 18.4 Å². The number of aliphatic hydroxyl groups excluding tert-OH is 1. The Morgan fingerprint density at radius 2 is 0.979 bits per heavy atom. The predicted molar refractivity (Wildman–Crippen MR) is 199 cm³/mol. The largest absolute Gasteiger partial charge is 0.472 e. The Labute approximate surface area is 291 Å². The van der Waals surface area contributed by atoms with Crippen LogP contribution in [0.25, 0.3) is 0 Å². The van der Waals surface area contributed by atoms with Crippen molar-refractivity contribution in [3.63, 3.8) is 0 Å². The molecule has 0 spiro atoms. The summed E-state index contributed by atoms with van der Waals surface area (Å²) in [6.45, 7) is 3.99. The molecule has 0 fully saturated rings. The number of carbonyl (C=O) groups excluding carboxylic acids is 1. The van der Waals surface area contributed by atoms with Gasteiger partial charge < -0.3 is 19.8 Å². The zero-order valence-corrected chi connectivity index (χ0v) is 32.7. The quantitative estimate of drug-likeness (QED) is 0.0343. The van der Waals surface area contributed by atoms with E-state index in [9.17, 15) is 19.4 Å². The van der Waals surface area contributed by atoms with E-state index in [1.165, 1.54) is 155 Å². The van der Waals surface area contributed by atoms with Gasteiger partial charge in [-0.05, 0) is 6.42 Å². The summed E-state index contributed by atoms with van der Waals surface area (Å²) in [5.74, 6) is -0.318. The molecular weight excluding hydrogens is 611 g/mol. The molecule has 8 nitrogen and oxygen atoms in total. The molecule has 0 radical (unpaired) electrons. The number of aliphatic hydroxyl groups is 1. The van der Waals surface area contributed by atoms with Gasteiger partial charge in [-0.15, -0.1) is 0 Å². The Bertz CT molecular complexity index is 748. The van der Waals surface area contributed by atoms with Crippen molar-refractivity contribution in [3.05, 3.63) is 0 Å². The molecular formula is C38H80N2O6P+. The molecule has 0 aliphatic carbocycles. The molecule has 282 valence electrons. The highest BCUT2D eigenvalue weighted by molar-refractivity contribution is 7.47. The summed E-state index contributed by atoms with van der Waals surface area (Å²) in [5.41, 5.74) is 0. The van der Waals surface area contributed by atoms with Crippen molar-refractivity contribution in [1.29, 1.82) is 0 Å². The van der Waals surface area contributed by atoms with Gasteiger partial charge in [0.15, 0.2) is 0 Å². The number of nitrogens with one attached hydrogen (secondary N) is 1. The Hall–Kier alpha value is -0.500. The van der Waals surface area contributed by atoms with E-state index in [-0.39, 0.29) is 19.1 Å². The maximum Gasteiger partial charge on any atom is 0.472 e. The molecule has 0 bridgehead atoms. The SMILES string of the molecule is CCCCCCCCCCCCCCCCCCCCCCCCCCCCC(O)C(COP(=O)(O)OCC[N+](C)(C)C)NC(C)=O. The third-order valence-corrected chi connectivity index (χ3v) is 10.1. The predicted octanol–water partition coefficient (Wildman–Crippen LogP) is 10.2. The van der Waals surface area contributed by atoms with Crippen LogP contribution < -0.4 is 5.32 Å². The number of carbonyl (C=O) groups is 1. The van der Waals surface area contributed by atoms with E-state index < -0.39 is 20.0 Å². The summed E-state index contributed by atoms with van der Waals surface area (Å²) < 4.78 is 22.9. The third kappa shape index (κ3) is 35.1. The van der Waals surface area contributed by atoms with Gasteiger partial charge in [-0.25, -0.2) is 4.57 Å². The second kappa shape index (κ2) is 31.5. The molecule has 47 heavy (non-hydrogen) atoms. The first kappa shape index (κ1) is 46.5. The number of amides is 1. The van der Waals surface area contributed by atoms with E-state index in [2.05, 4.69) is 12.2 Å². The molecule has 3 atom stereocenters. The summed E-state index contributed by atoms with van der Waals surface area (Å²) in [6.07, 6.45) is 34.8. The van der Waals surface area contributed by atoms with Gasteiger partial charge in [0.2, 0.25) is 5.91 Å². The maximum absolute atomic E-state index is 12.2. The van der Waals surface area contributed by atoms with Crippen molar-refractivity contribution >= 4 is 13.7 Å². The highest BCUT2D eigenvalue weighted by atomic mass is 31.2. The Kier molecular flexibility index (Phi) is 31.1. The van der Waals surface area contributed by atoms with Crippen molar-refractivity contribution in [2.75, 3.05) is 40.9 Å². The number of unbranched alkanes of at least 4 members (excludes halogenated alkanes) is 25. The molecule has 0 aromatic carbocycles. The van der Waals surface area contributed by atoms with Crippen LogP contribution in [-0.4, -0.2) is 73.4 Å². The number of nitrogens with zero attached hydrogens (tertiary/aromatic N) is 1. The highest BCUT2D eigenvalue weighted by Crippen LogP contribution is 2.43. The standard InChI is InChI=1S/C38H79N2O6P/c1-6-7-8-9-10-11-12-13-14-15-16-17-18-19-20-21-22-23-24-25-26-27-28-29-30-31-32-38(42)37(39-36(2)41)35-46-47(43,44)45-34-33-40(3,4)5/h37-38,42H,6-35H2,1-5H3,(H-,39,41,43,44)/p+1. The molecule has 0 aliphatic heterocycles. The first-order chi connectivity index (χ1) is 22.5. The number of likely N-dealkylation sites (N-methyl/N-ethyl adjacent to an activating group) is 1. The molecule has 9 heteroatoms. The lowest BCUT2D eigenvalue weighted by molar-refractivity contribution is -0.870. The van der Waals surface area contributed by atoms with Crippen LogP contribution >= 0.6 is 7.82 Å². The fourth-order valence-electron chi connectivity index (χ4n) is 6.02. The van der Waals surface area contributed by atoms with Crippen LogP contribution in [0.4, 0.5) is 0 Å². The molecule has 0 aromatic heterocycles. The topological polar surface area (TPSA) is 105 Å². The Balaban J connectivity index is 3.60. The highest BCUT2D eigenvalue weighted by Gasteiger charge is 2.28. The Morgan fingerprint density at radius 1 is 0.638 bits per heavy atom. The van der Waals surface area contributed by atoms with Gasteiger partial charge in [0, 0.05) is 6.92 Å². The molecule has 1 amide bonds. The molecule has 0 heterocycles. The van der Waals surface area contributed by atoms with Crippen LogP contribution in [0.5, 0.6) is 0 Å². The molecule has 0 rings (SSSR count). The van der Waals surface area contributed by atoms with Crippen LogP contribution in [0.2, 0.25) is 0 Å². The minimum Gasteiger partial charge on any atom is -0.391 e. The van der Waals surface area contributed by atoms with Crippen molar-refractivity contribution in [3.8, 4) is 0 Å². The van der Waals surface area contributed by atoms with E-state index in [0.717, 1.165) is 19.3 Å². The van der Waals surface area contributed by atoms with Gasteiger partial charge >= 0.3 is 7.82 Å². The van der Waals surface area contributed by atoms with E-state index in [0.29, 0.717) is 17.4 Å². The van der Waals surface area contributed by atoms with E-state index in [4.69, 9.17) is 9.05 Å². The average molecular weight is 692 g/mol. The van der Waals surface area contributed by atoms with Crippen LogP contribution in [0, 0.1) is 0 Å². The van der Waals surface area contributed by atoms with Crippen LogP contribution in [0.1, 0.15) is 187 Å². The molecule has 0 aromatic rings. The average Bonchev–Trinajstić information content (AvgIpc) is 3.00. The lowest BCUT2D eigenvalue weighted by Crippen LogP contribution is -2.45. The zero-order valence-electron chi connectivity index (χ0n) is 31.8. The number of rotatable bonds is 36. The van der Waals surface area contributed by atoms with Crippen molar-refractivity contribution in [2.24, 2.45) is 0 Å². The zero-order chi connectivity index (χ0) is 35.1. The molecule has 3 unspecified atom stereocenters. The number of hydrogen-bond acceptors (Lipinski definition) is 5. The summed E-state index contributed by atoms with van der Waals surface area (Å²) in [6, 6.07) is -0.755. The second-order valence-electron chi connectivity index (χ2n) is 15.1. The summed E-state index contributed by atoms with van der Waals surface area (Å²) >= 11 is 0. The smallest absolute Gasteiger partial charge is 0.391 e. The van der Waals surface area contributed by atoms with Crippen LogP contribution in [0.15, 0.2) is 0 Å². The second-order valence-corrected chi connectivity index (χ2v) is 16.6. The first-order valence-corrected chi connectivity index (χ1v) is 21.3. The van der Waals surface area contributed by atoms with Gasteiger partial charge in [0.25, 0.3) is 0 Å². The number of phosphoric ester groups is 1. The molecule has 0 saturated carbocycles. The van der Waals surface area contributed by atoms with Crippen molar-refractivity contribution < 1.29 is 32.9 Å². The first-order valence-electron chi connectivity index (χ1n) is 19.8. The van der Waals surface area contributed by atoms with E-state index in [1.807, 2.05) is 21.1 Å². The third-order valence-electron chi connectivity index (χ3n) is 9.14. The normalized spacial score (nSPS) is 14.6. The van der Waals surface area contributed by atoms with Gasteiger partial charge in [-0.1, -0.05) is 174 Å². The fraction of sp³-hybridized carbons (Fsp3) is 0.974. The minimum absolute atomic E-state index is 0.0736. The van der Waals surface area contributed by atoms with E-state index >= 15 is 0 Å². The molecule has 3 N–H and O–H groups in total. The number of phosphoric acid groups is 1. The van der Waals surface area contributed by atoms with Gasteiger partial charge in [-0.2, -0.15) is 0 Å². The lowest BCUT2D eigenvalue weighted by atomic mass is 10.0. The van der Waals surface area contributed by atoms with Gasteiger partial charge in [0.05, 0.1) is 39.9 Å². The maximum atomic E-state index is 12.2. The summed E-state index contributed by atoms with van der Waals surface area (Å²) in [5, 5.41) is 13.3. The van der Waals surface area contributed by atoms with Crippen LogP contribution in [0.3, 0.4) is 0 Å². The van der Waals surface area contributed by atoms with Gasteiger partial charge in [0.1, 0.15) is 13.2 Å². The molecule has 0 saturated heterocycles. The lowest BCUT2D eigenvalue weighted by Gasteiger charge is -2.26. The number of quaternary nitrogens is 1. The molecule has 0 aliphatic rings. The number of hydrogen-bond donors (Lipinski definition) is 3. The van der Waals surface area contributed by atoms with Gasteiger partial charge in [-0.3, -0.25) is 13.8 Å². The monoisotopic (exact) mass is 692 g/mol. The van der Waals surface area contributed by atoms with E-state index in [1.54, 1.807) is 0 Å². The van der Waals surface area contributed by atoms with Crippen molar-refractivity contribution in [1.82, 2.24) is 5.32 Å². The Morgan fingerprint density at radius 3 is 1.30 bits per heavy atom.